The van der Waals surface area contributed by atoms with Crippen molar-refractivity contribution < 1.29 is 9.47 Å². The third kappa shape index (κ3) is 3.83. The smallest absolute Gasteiger partial charge is 0.127 e. The Bertz CT molecular complexity index is 886. The minimum Gasteiger partial charge on any atom is -0.487 e. The molecule has 3 aromatic carbocycles. The maximum atomic E-state index is 5.94. The van der Waals surface area contributed by atoms with Crippen molar-refractivity contribution in [1.82, 2.24) is 0 Å². The average molecular weight is 345 g/mol. The number of para-hydroxylation sites is 1. The SMILES string of the molecule is CC1(C)Cc2cc(CNc3ccc(Oc4ccccc4)cc3)ccc2O1. The molecule has 3 aromatic rings. The molecule has 0 unspecified atom stereocenters. The zero-order valence-electron chi connectivity index (χ0n) is 15.2. The molecule has 26 heavy (non-hydrogen) atoms. The minimum atomic E-state index is -0.0943. The summed E-state index contributed by atoms with van der Waals surface area (Å²) >= 11 is 0. The summed E-state index contributed by atoms with van der Waals surface area (Å²) in [6, 6.07) is 24.3. The molecule has 1 N–H and O–H groups in total. The second kappa shape index (κ2) is 6.75. The van der Waals surface area contributed by atoms with E-state index in [2.05, 4.69) is 37.4 Å². The second-order valence-corrected chi connectivity index (χ2v) is 7.27. The molecule has 3 heteroatoms. The van der Waals surface area contributed by atoms with Crippen LogP contribution < -0.4 is 14.8 Å². The fraction of sp³-hybridized carbons (Fsp3) is 0.217. The normalized spacial score (nSPS) is 14.4. The molecular formula is C23H23NO2. The standard InChI is InChI=1S/C23H23NO2/c1-23(2)15-18-14-17(8-13-22(18)26-23)16-24-19-9-11-21(12-10-19)25-20-6-4-3-5-7-20/h3-14,24H,15-16H2,1-2H3. The molecule has 1 aliphatic rings. The lowest BCUT2D eigenvalue weighted by atomic mass is 10.0. The van der Waals surface area contributed by atoms with Gasteiger partial charge < -0.3 is 14.8 Å². The van der Waals surface area contributed by atoms with Crippen LogP contribution in [0.15, 0.2) is 72.8 Å². The number of fused-ring (bicyclic) bond motifs is 1. The maximum Gasteiger partial charge on any atom is 0.127 e. The average Bonchev–Trinajstić information content (AvgIpc) is 2.95. The molecule has 0 aliphatic carbocycles. The molecule has 1 heterocycles. The molecule has 0 atom stereocenters. The van der Waals surface area contributed by atoms with Crippen molar-refractivity contribution >= 4 is 5.69 Å². The van der Waals surface area contributed by atoms with E-state index >= 15 is 0 Å². The summed E-state index contributed by atoms with van der Waals surface area (Å²) < 4.78 is 11.8. The minimum absolute atomic E-state index is 0.0943. The molecule has 0 fully saturated rings. The quantitative estimate of drug-likeness (QED) is 0.633. The van der Waals surface area contributed by atoms with E-state index in [4.69, 9.17) is 9.47 Å². The lowest BCUT2D eigenvalue weighted by Gasteiger charge is -2.16. The van der Waals surface area contributed by atoms with Gasteiger partial charge in [-0.15, -0.1) is 0 Å². The van der Waals surface area contributed by atoms with Crippen LogP contribution in [0.5, 0.6) is 17.2 Å². The number of ether oxygens (including phenoxy) is 2. The van der Waals surface area contributed by atoms with Crippen LogP contribution in [0.25, 0.3) is 0 Å². The van der Waals surface area contributed by atoms with Crippen LogP contribution in [0, 0.1) is 0 Å². The third-order valence-corrected chi connectivity index (χ3v) is 4.46. The summed E-state index contributed by atoms with van der Waals surface area (Å²) in [6.45, 7) is 5.04. The van der Waals surface area contributed by atoms with Crippen molar-refractivity contribution in [2.75, 3.05) is 5.32 Å². The van der Waals surface area contributed by atoms with Gasteiger partial charge in [-0.3, -0.25) is 0 Å². The van der Waals surface area contributed by atoms with Gasteiger partial charge in [-0.1, -0.05) is 30.3 Å². The number of benzene rings is 3. The Morgan fingerprint density at radius 3 is 2.42 bits per heavy atom. The van der Waals surface area contributed by atoms with Crippen molar-refractivity contribution in [1.29, 1.82) is 0 Å². The van der Waals surface area contributed by atoms with E-state index in [1.54, 1.807) is 0 Å². The number of rotatable bonds is 5. The maximum absolute atomic E-state index is 5.94. The third-order valence-electron chi connectivity index (χ3n) is 4.46. The highest BCUT2D eigenvalue weighted by atomic mass is 16.5. The molecule has 0 bridgehead atoms. The fourth-order valence-electron chi connectivity index (χ4n) is 3.24. The number of hydrogen-bond acceptors (Lipinski definition) is 3. The van der Waals surface area contributed by atoms with E-state index < -0.39 is 0 Å². The molecule has 0 aromatic heterocycles. The first-order valence-corrected chi connectivity index (χ1v) is 8.95. The van der Waals surface area contributed by atoms with Gasteiger partial charge in [-0.25, -0.2) is 0 Å². The van der Waals surface area contributed by atoms with Gasteiger partial charge in [0.2, 0.25) is 0 Å². The summed E-state index contributed by atoms with van der Waals surface area (Å²) in [4.78, 5) is 0. The Morgan fingerprint density at radius 1 is 0.923 bits per heavy atom. The molecular weight excluding hydrogens is 322 g/mol. The highest BCUT2D eigenvalue weighted by Gasteiger charge is 2.29. The Hall–Kier alpha value is -2.94. The Morgan fingerprint density at radius 2 is 1.65 bits per heavy atom. The van der Waals surface area contributed by atoms with Crippen LogP contribution in [0.1, 0.15) is 25.0 Å². The zero-order valence-corrected chi connectivity index (χ0v) is 15.2. The molecule has 0 saturated heterocycles. The van der Waals surface area contributed by atoms with Gasteiger partial charge in [0.15, 0.2) is 0 Å². The van der Waals surface area contributed by atoms with Gasteiger partial charge in [0.1, 0.15) is 22.8 Å². The van der Waals surface area contributed by atoms with Gasteiger partial charge in [0, 0.05) is 18.7 Å². The molecule has 0 amide bonds. The molecule has 0 spiro atoms. The van der Waals surface area contributed by atoms with Crippen molar-refractivity contribution in [3.05, 3.63) is 83.9 Å². The topological polar surface area (TPSA) is 30.5 Å². The van der Waals surface area contributed by atoms with Crippen molar-refractivity contribution in [3.8, 4) is 17.2 Å². The first-order chi connectivity index (χ1) is 12.6. The molecule has 1 aliphatic heterocycles. The predicted molar refractivity (Wildman–Crippen MR) is 105 cm³/mol. The van der Waals surface area contributed by atoms with Gasteiger partial charge in [-0.05, 0) is 67.4 Å². The summed E-state index contributed by atoms with van der Waals surface area (Å²) in [6.07, 6.45) is 0.960. The molecule has 0 saturated carbocycles. The van der Waals surface area contributed by atoms with Crippen LogP contribution in [-0.4, -0.2) is 5.60 Å². The number of hydrogen-bond donors (Lipinski definition) is 1. The van der Waals surface area contributed by atoms with E-state index in [-0.39, 0.29) is 5.60 Å². The fourth-order valence-corrected chi connectivity index (χ4v) is 3.24. The first kappa shape index (κ1) is 16.5. The highest BCUT2D eigenvalue weighted by Crippen LogP contribution is 2.35. The van der Waals surface area contributed by atoms with Crippen LogP contribution in [-0.2, 0) is 13.0 Å². The van der Waals surface area contributed by atoms with E-state index in [0.717, 1.165) is 35.9 Å². The van der Waals surface area contributed by atoms with Crippen LogP contribution >= 0.6 is 0 Å². The summed E-state index contributed by atoms with van der Waals surface area (Å²) in [5, 5.41) is 3.47. The van der Waals surface area contributed by atoms with Crippen molar-refractivity contribution in [2.24, 2.45) is 0 Å². The van der Waals surface area contributed by atoms with Gasteiger partial charge in [-0.2, -0.15) is 0 Å². The van der Waals surface area contributed by atoms with E-state index in [1.165, 1.54) is 11.1 Å². The molecule has 4 rings (SSSR count). The van der Waals surface area contributed by atoms with Gasteiger partial charge >= 0.3 is 0 Å². The van der Waals surface area contributed by atoms with Crippen LogP contribution in [0.3, 0.4) is 0 Å². The Kier molecular flexibility index (Phi) is 4.29. The summed E-state index contributed by atoms with van der Waals surface area (Å²) in [5.74, 6) is 2.69. The van der Waals surface area contributed by atoms with E-state index in [9.17, 15) is 0 Å². The van der Waals surface area contributed by atoms with Gasteiger partial charge in [0.25, 0.3) is 0 Å². The van der Waals surface area contributed by atoms with Crippen LogP contribution in [0.4, 0.5) is 5.69 Å². The van der Waals surface area contributed by atoms with E-state index in [1.807, 2.05) is 54.6 Å². The van der Waals surface area contributed by atoms with Crippen LogP contribution in [0.2, 0.25) is 0 Å². The summed E-state index contributed by atoms with van der Waals surface area (Å²) in [7, 11) is 0. The number of nitrogens with one attached hydrogen (secondary N) is 1. The summed E-state index contributed by atoms with van der Waals surface area (Å²) in [5.41, 5.74) is 3.53. The molecule has 132 valence electrons. The molecule has 3 nitrogen and oxygen atoms in total. The Balaban J connectivity index is 1.37. The van der Waals surface area contributed by atoms with Crippen molar-refractivity contribution in [3.63, 3.8) is 0 Å². The second-order valence-electron chi connectivity index (χ2n) is 7.27. The van der Waals surface area contributed by atoms with Gasteiger partial charge in [0.05, 0.1) is 0 Å². The van der Waals surface area contributed by atoms with Crippen molar-refractivity contribution in [2.45, 2.75) is 32.4 Å². The largest absolute Gasteiger partial charge is 0.487 e. The number of anilines is 1. The predicted octanol–water partition coefficient (Wildman–Crippen LogP) is 5.80. The van der Waals surface area contributed by atoms with E-state index in [0.29, 0.717) is 0 Å². The lowest BCUT2D eigenvalue weighted by Crippen LogP contribution is -2.24. The monoisotopic (exact) mass is 345 g/mol. The Labute approximate surface area is 154 Å². The zero-order chi connectivity index (χ0) is 18.0. The highest BCUT2D eigenvalue weighted by molar-refractivity contribution is 5.48. The first-order valence-electron chi connectivity index (χ1n) is 8.95. The lowest BCUT2D eigenvalue weighted by molar-refractivity contribution is 0.138. The molecule has 0 radical (unpaired) electrons.